The number of carbonyl (C=O) groups is 1. The quantitative estimate of drug-likeness (QED) is 0.437. The SMILES string of the molecule is Cc1cccc(N2CCN(c3nc(N)nc4sc(CCc5cccs5)nc34)C(C(N)=O)C2)c1. The summed E-state index contributed by atoms with van der Waals surface area (Å²) in [6.45, 7) is 3.84. The summed E-state index contributed by atoms with van der Waals surface area (Å²) in [5, 5.41) is 3.06. The van der Waals surface area contributed by atoms with Gasteiger partial charge in [0.05, 0.1) is 5.01 Å². The van der Waals surface area contributed by atoms with Crippen molar-refractivity contribution in [1.82, 2.24) is 15.0 Å². The number of hydrogen-bond donors (Lipinski definition) is 2. The summed E-state index contributed by atoms with van der Waals surface area (Å²) < 4.78 is 0. The number of thiophene rings is 1. The summed E-state index contributed by atoms with van der Waals surface area (Å²) >= 11 is 3.27. The molecule has 1 aliphatic rings. The smallest absolute Gasteiger partial charge is 0.242 e. The van der Waals surface area contributed by atoms with Gasteiger partial charge in [-0.3, -0.25) is 4.79 Å². The molecule has 8 nitrogen and oxygen atoms in total. The van der Waals surface area contributed by atoms with E-state index >= 15 is 0 Å². The Balaban J connectivity index is 1.45. The maximum Gasteiger partial charge on any atom is 0.242 e. The molecule has 0 aliphatic carbocycles. The van der Waals surface area contributed by atoms with Crippen molar-refractivity contribution in [3.05, 3.63) is 57.2 Å². The van der Waals surface area contributed by atoms with Crippen molar-refractivity contribution in [3.8, 4) is 0 Å². The van der Waals surface area contributed by atoms with Gasteiger partial charge in [0.15, 0.2) is 10.6 Å². The molecule has 33 heavy (non-hydrogen) atoms. The molecule has 1 aliphatic heterocycles. The van der Waals surface area contributed by atoms with Gasteiger partial charge >= 0.3 is 0 Å². The first-order valence-corrected chi connectivity index (χ1v) is 12.5. The molecule has 10 heteroatoms. The Labute approximate surface area is 199 Å². The largest absolute Gasteiger partial charge is 0.368 e. The van der Waals surface area contributed by atoms with Crippen molar-refractivity contribution in [2.75, 3.05) is 35.2 Å². The number of thiazole rings is 1. The highest BCUT2D eigenvalue weighted by Crippen LogP contribution is 2.32. The number of fused-ring (bicyclic) bond motifs is 1. The summed E-state index contributed by atoms with van der Waals surface area (Å²) in [6.07, 6.45) is 1.75. The zero-order valence-corrected chi connectivity index (χ0v) is 19.9. The molecule has 170 valence electrons. The van der Waals surface area contributed by atoms with E-state index in [0.717, 1.165) is 34.9 Å². The van der Waals surface area contributed by atoms with Gasteiger partial charge in [-0.25, -0.2) is 9.97 Å². The minimum atomic E-state index is -0.548. The minimum Gasteiger partial charge on any atom is -0.368 e. The molecule has 4 heterocycles. The Kier molecular flexibility index (Phi) is 5.86. The molecule has 3 aromatic heterocycles. The molecule has 1 unspecified atom stereocenters. The number of aryl methyl sites for hydroxylation is 3. The second-order valence-electron chi connectivity index (χ2n) is 8.14. The van der Waals surface area contributed by atoms with Crippen LogP contribution in [0.3, 0.4) is 0 Å². The zero-order chi connectivity index (χ0) is 22.9. The Morgan fingerprint density at radius 3 is 2.79 bits per heavy atom. The van der Waals surface area contributed by atoms with Crippen LogP contribution < -0.4 is 21.3 Å². The van der Waals surface area contributed by atoms with Crippen LogP contribution in [0, 0.1) is 6.92 Å². The molecule has 1 atom stereocenters. The fourth-order valence-corrected chi connectivity index (χ4v) is 5.84. The van der Waals surface area contributed by atoms with Gasteiger partial charge in [0, 0.05) is 36.6 Å². The first kappa shape index (κ1) is 21.6. The molecule has 1 aromatic carbocycles. The number of carbonyl (C=O) groups excluding carboxylic acids is 1. The Morgan fingerprint density at radius 1 is 1.15 bits per heavy atom. The summed E-state index contributed by atoms with van der Waals surface area (Å²) in [6, 6.07) is 11.9. The third kappa shape index (κ3) is 4.49. The molecule has 0 saturated carbocycles. The number of amides is 1. The Morgan fingerprint density at radius 2 is 2.03 bits per heavy atom. The molecule has 1 fully saturated rings. The van der Waals surface area contributed by atoms with Crippen molar-refractivity contribution in [1.29, 1.82) is 0 Å². The molecular formula is C23H25N7OS2. The number of anilines is 3. The lowest BCUT2D eigenvalue weighted by Crippen LogP contribution is -2.59. The van der Waals surface area contributed by atoms with Crippen molar-refractivity contribution >= 4 is 56.4 Å². The van der Waals surface area contributed by atoms with Gasteiger partial charge in [-0.15, -0.1) is 11.3 Å². The Bertz CT molecular complexity index is 1290. The van der Waals surface area contributed by atoms with Crippen molar-refractivity contribution in [2.45, 2.75) is 25.8 Å². The number of rotatable bonds is 6. The molecular weight excluding hydrogens is 454 g/mol. The summed E-state index contributed by atoms with van der Waals surface area (Å²) in [4.78, 5) is 32.5. The zero-order valence-electron chi connectivity index (χ0n) is 18.3. The lowest BCUT2D eigenvalue weighted by molar-refractivity contribution is -0.119. The molecule has 0 bridgehead atoms. The molecule has 4 N–H and O–H groups in total. The maximum absolute atomic E-state index is 12.5. The van der Waals surface area contributed by atoms with Crippen LogP contribution in [0.15, 0.2) is 41.8 Å². The highest BCUT2D eigenvalue weighted by molar-refractivity contribution is 7.18. The number of nitrogens with zero attached hydrogens (tertiary/aromatic N) is 5. The van der Waals surface area contributed by atoms with E-state index < -0.39 is 11.9 Å². The minimum absolute atomic E-state index is 0.176. The van der Waals surface area contributed by atoms with Gasteiger partial charge in [-0.05, 0) is 42.5 Å². The highest BCUT2D eigenvalue weighted by Gasteiger charge is 2.34. The number of nitrogens with two attached hydrogens (primary N) is 2. The molecule has 0 spiro atoms. The molecule has 5 rings (SSSR count). The number of primary amides is 1. The van der Waals surface area contributed by atoms with E-state index in [-0.39, 0.29) is 5.95 Å². The van der Waals surface area contributed by atoms with Crippen molar-refractivity contribution < 1.29 is 4.79 Å². The van der Waals surface area contributed by atoms with Crippen LogP contribution in [0.4, 0.5) is 17.5 Å². The van der Waals surface area contributed by atoms with E-state index in [1.807, 2.05) is 11.0 Å². The highest BCUT2D eigenvalue weighted by atomic mass is 32.1. The van der Waals surface area contributed by atoms with Crippen LogP contribution in [-0.4, -0.2) is 46.5 Å². The van der Waals surface area contributed by atoms with Gasteiger partial charge in [0.25, 0.3) is 0 Å². The number of hydrogen-bond acceptors (Lipinski definition) is 9. The van der Waals surface area contributed by atoms with E-state index in [2.05, 4.69) is 57.5 Å². The third-order valence-electron chi connectivity index (χ3n) is 5.81. The summed E-state index contributed by atoms with van der Waals surface area (Å²) in [5.74, 6) is 0.366. The molecule has 0 radical (unpaired) electrons. The first-order valence-electron chi connectivity index (χ1n) is 10.8. The predicted molar refractivity (Wildman–Crippen MR) is 135 cm³/mol. The number of piperazine rings is 1. The van der Waals surface area contributed by atoms with Crippen LogP contribution in [0.2, 0.25) is 0 Å². The lowest BCUT2D eigenvalue weighted by Gasteiger charge is -2.41. The van der Waals surface area contributed by atoms with Gasteiger partial charge in [0.2, 0.25) is 11.9 Å². The van der Waals surface area contributed by atoms with E-state index in [1.54, 1.807) is 11.3 Å². The predicted octanol–water partition coefficient (Wildman–Crippen LogP) is 3.00. The standard InChI is InChI=1S/C23H25N7OS2/c1-14-4-2-5-15(12-14)29-9-10-30(17(13-29)20(24)31)21-19-22(28-23(25)27-21)33-18(26-19)8-7-16-6-3-11-32-16/h2-6,11-12,17H,7-10,13H2,1H3,(H2,24,31)(H2,25,27,28). The van der Waals surface area contributed by atoms with Gasteiger partial charge < -0.3 is 21.3 Å². The van der Waals surface area contributed by atoms with Crippen LogP contribution >= 0.6 is 22.7 Å². The Hall–Kier alpha value is -3.24. The van der Waals surface area contributed by atoms with Crippen LogP contribution in [0.25, 0.3) is 10.3 Å². The van der Waals surface area contributed by atoms with Crippen molar-refractivity contribution in [2.24, 2.45) is 5.73 Å². The van der Waals surface area contributed by atoms with Gasteiger partial charge in [-0.1, -0.05) is 29.5 Å². The first-order chi connectivity index (χ1) is 16.0. The van der Waals surface area contributed by atoms with Crippen LogP contribution in [0.1, 0.15) is 15.4 Å². The van der Waals surface area contributed by atoms with E-state index in [4.69, 9.17) is 16.5 Å². The average Bonchev–Trinajstić information content (AvgIpc) is 3.46. The van der Waals surface area contributed by atoms with Crippen molar-refractivity contribution in [3.63, 3.8) is 0 Å². The average molecular weight is 480 g/mol. The number of nitrogen functional groups attached to an aromatic ring is 1. The second-order valence-corrected chi connectivity index (χ2v) is 10.2. The van der Waals surface area contributed by atoms with Gasteiger partial charge in [-0.2, -0.15) is 4.98 Å². The van der Waals surface area contributed by atoms with E-state index in [9.17, 15) is 4.79 Å². The molecule has 1 saturated heterocycles. The number of aromatic nitrogens is 3. The second kappa shape index (κ2) is 8.95. The lowest BCUT2D eigenvalue weighted by atomic mass is 10.1. The van der Waals surface area contributed by atoms with Gasteiger partial charge in [0.1, 0.15) is 11.6 Å². The van der Waals surface area contributed by atoms with E-state index in [0.29, 0.717) is 24.4 Å². The topological polar surface area (TPSA) is 114 Å². The fraction of sp³-hybridized carbons (Fsp3) is 0.304. The van der Waals surface area contributed by atoms with Crippen LogP contribution in [0.5, 0.6) is 0 Å². The molecule has 4 aromatic rings. The monoisotopic (exact) mass is 479 g/mol. The fourth-order valence-electron chi connectivity index (χ4n) is 4.20. The van der Waals surface area contributed by atoms with Crippen LogP contribution in [-0.2, 0) is 17.6 Å². The normalized spacial score (nSPS) is 16.5. The molecule has 1 amide bonds. The third-order valence-corrected chi connectivity index (χ3v) is 7.76. The summed E-state index contributed by atoms with van der Waals surface area (Å²) in [7, 11) is 0. The van der Waals surface area contributed by atoms with E-state index in [1.165, 1.54) is 21.8 Å². The summed E-state index contributed by atoms with van der Waals surface area (Å²) in [5.41, 5.74) is 14.9. The maximum atomic E-state index is 12.5. The number of benzene rings is 1.